The molecule has 0 heterocycles. The molecular formula is C13H22N2O3S. The van der Waals surface area contributed by atoms with Crippen molar-refractivity contribution in [2.45, 2.75) is 24.7 Å². The van der Waals surface area contributed by atoms with Gasteiger partial charge in [-0.1, -0.05) is 6.92 Å². The molecule has 6 heteroatoms. The molecule has 0 fully saturated rings. The van der Waals surface area contributed by atoms with Crippen LogP contribution in [0.15, 0.2) is 29.2 Å². The van der Waals surface area contributed by atoms with Crippen LogP contribution in [0.3, 0.4) is 0 Å². The van der Waals surface area contributed by atoms with Crippen LogP contribution in [0.2, 0.25) is 0 Å². The maximum atomic E-state index is 11.9. The number of hydrogen-bond acceptors (Lipinski definition) is 4. The van der Waals surface area contributed by atoms with E-state index in [-0.39, 0.29) is 4.90 Å². The highest BCUT2D eigenvalue weighted by atomic mass is 32.2. The maximum absolute atomic E-state index is 11.9. The molecule has 5 nitrogen and oxygen atoms in total. The Morgan fingerprint density at radius 1 is 1.16 bits per heavy atom. The molecule has 0 atom stereocenters. The lowest BCUT2D eigenvalue weighted by atomic mass is 10.3. The zero-order valence-corrected chi connectivity index (χ0v) is 12.3. The number of sulfonamides is 1. The highest BCUT2D eigenvalue weighted by Gasteiger charge is 2.12. The van der Waals surface area contributed by atoms with Crippen molar-refractivity contribution in [3.05, 3.63) is 24.3 Å². The molecule has 0 aromatic heterocycles. The van der Waals surface area contributed by atoms with Crippen LogP contribution in [0.25, 0.3) is 0 Å². The Hall–Kier alpha value is -1.11. The Morgan fingerprint density at radius 2 is 1.84 bits per heavy atom. The van der Waals surface area contributed by atoms with E-state index < -0.39 is 10.0 Å². The first-order chi connectivity index (χ1) is 9.10. The minimum atomic E-state index is -3.41. The Balaban J connectivity index is 2.58. The molecule has 0 radical (unpaired) electrons. The lowest BCUT2D eigenvalue weighted by molar-refractivity contribution is 0.196. The number of anilines is 1. The quantitative estimate of drug-likeness (QED) is 0.680. The van der Waals surface area contributed by atoms with E-state index in [9.17, 15) is 8.42 Å². The Morgan fingerprint density at radius 3 is 2.42 bits per heavy atom. The summed E-state index contributed by atoms with van der Waals surface area (Å²) in [6.45, 7) is 3.88. The van der Waals surface area contributed by atoms with Crippen LogP contribution in [-0.2, 0) is 14.8 Å². The van der Waals surface area contributed by atoms with Gasteiger partial charge >= 0.3 is 0 Å². The lowest BCUT2D eigenvalue weighted by Gasteiger charge is -2.08. The fraction of sp³-hybridized carbons (Fsp3) is 0.538. The third kappa shape index (κ3) is 5.59. The first kappa shape index (κ1) is 15.9. The molecule has 0 saturated heterocycles. The van der Waals surface area contributed by atoms with Crippen LogP contribution in [0.1, 0.15) is 19.8 Å². The Bertz CT molecular complexity index is 457. The molecule has 0 amide bonds. The van der Waals surface area contributed by atoms with Gasteiger partial charge in [0.15, 0.2) is 0 Å². The number of hydrogen-bond donors (Lipinski definition) is 2. The van der Waals surface area contributed by atoms with Gasteiger partial charge in [0.2, 0.25) is 10.0 Å². The second kappa shape index (κ2) is 8.14. The van der Waals surface area contributed by atoms with Crippen LogP contribution in [-0.4, -0.2) is 35.2 Å². The van der Waals surface area contributed by atoms with Gasteiger partial charge in [0.25, 0.3) is 0 Å². The Kier molecular flexibility index (Phi) is 6.83. The van der Waals surface area contributed by atoms with Gasteiger partial charge in [-0.05, 0) is 37.1 Å². The van der Waals surface area contributed by atoms with Crippen molar-refractivity contribution in [2.75, 3.05) is 32.1 Å². The van der Waals surface area contributed by atoms with Gasteiger partial charge in [-0.2, -0.15) is 0 Å². The molecular weight excluding hydrogens is 264 g/mol. The lowest BCUT2D eigenvalue weighted by Crippen LogP contribution is -2.25. The molecule has 0 aliphatic heterocycles. The average molecular weight is 286 g/mol. The average Bonchev–Trinajstić information content (AvgIpc) is 2.42. The highest BCUT2D eigenvalue weighted by molar-refractivity contribution is 7.89. The predicted octanol–water partition coefficient (Wildman–Crippen LogP) is 1.82. The molecule has 1 aromatic carbocycles. The van der Waals surface area contributed by atoms with Crippen molar-refractivity contribution in [3.63, 3.8) is 0 Å². The fourth-order valence-corrected chi connectivity index (χ4v) is 2.60. The van der Waals surface area contributed by atoms with Gasteiger partial charge in [-0.3, -0.25) is 0 Å². The van der Waals surface area contributed by atoms with E-state index in [0.717, 1.165) is 18.7 Å². The van der Waals surface area contributed by atoms with Gasteiger partial charge in [0.05, 0.1) is 4.90 Å². The van der Waals surface area contributed by atoms with Crippen molar-refractivity contribution < 1.29 is 13.2 Å². The van der Waals surface area contributed by atoms with Gasteiger partial charge < -0.3 is 10.1 Å². The third-order valence-corrected chi connectivity index (χ3v) is 4.04. The third-order valence-electron chi connectivity index (χ3n) is 2.56. The molecule has 0 unspecified atom stereocenters. The first-order valence-corrected chi connectivity index (χ1v) is 7.91. The Labute approximate surface area is 115 Å². The second-order valence-electron chi connectivity index (χ2n) is 4.20. The van der Waals surface area contributed by atoms with Crippen LogP contribution >= 0.6 is 0 Å². The number of methoxy groups -OCH3 is 1. The van der Waals surface area contributed by atoms with Crippen molar-refractivity contribution in [3.8, 4) is 0 Å². The summed E-state index contributed by atoms with van der Waals surface area (Å²) in [4.78, 5) is 0.284. The topological polar surface area (TPSA) is 67.4 Å². The number of nitrogens with one attached hydrogen (secondary N) is 2. The number of ether oxygens (including phenoxy) is 1. The minimum absolute atomic E-state index is 0.284. The van der Waals surface area contributed by atoms with Crippen molar-refractivity contribution in [1.82, 2.24) is 4.72 Å². The predicted molar refractivity (Wildman–Crippen MR) is 76.9 cm³/mol. The standard InChI is InChI=1S/C13H22N2O3S/c1-3-9-14-12-5-7-13(8-6-12)19(16,17)15-10-4-11-18-2/h5-8,14-15H,3-4,9-11H2,1-2H3. The summed E-state index contributed by atoms with van der Waals surface area (Å²) in [6.07, 6.45) is 1.69. The van der Waals surface area contributed by atoms with Crippen molar-refractivity contribution in [1.29, 1.82) is 0 Å². The summed E-state index contributed by atoms with van der Waals surface area (Å²) >= 11 is 0. The molecule has 0 aliphatic carbocycles. The van der Waals surface area contributed by atoms with E-state index >= 15 is 0 Å². The molecule has 0 saturated carbocycles. The monoisotopic (exact) mass is 286 g/mol. The summed E-state index contributed by atoms with van der Waals surface area (Å²) in [7, 11) is -1.82. The maximum Gasteiger partial charge on any atom is 0.240 e. The summed E-state index contributed by atoms with van der Waals surface area (Å²) < 4.78 is 31.3. The zero-order chi connectivity index (χ0) is 14.1. The van der Waals surface area contributed by atoms with E-state index in [1.807, 2.05) is 0 Å². The summed E-state index contributed by atoms with van der Waals surface area (Å²) in [6, 6.07) is 6.77. The highest BCUT2D eigenvalue weighted by Crippen LogP contribution is 2.13. The van der Waals surface area contributed by atoms with Crippen LogP contribution in [0.5, 0.6) is 0 Å². The normalized spacial score (nSPS) is 11.5. The van der Waals surface area contributed by atoms with Gasteiger partial charge in [-0.25, -0.2) is 13.1 Å². The van der Waals surface area contributed by atoms with Crippen LogP contribution in [0.4, 0.5) is 5.69 Å². The minimum Gasteiger partial charge on any atom is -0.385 e. The summed E-state index contributed by atoms with van der Waals surface area (Å²) in [5.41, 5.74) is 0.931. The van der Waals surface area contributed by atoms with Crippen molar-refractivity contribution >= 4 is 15.7 Å². The van der Waals surface area contributed by atoms with Gasteiger partial charge in [-0.15, -0.1) is 0 Å². The summed E-state index contributed by atoms with van der Waals surface area (Å²) in [5, 5.41) is 3.20. The fourth-order valence-electron chi connectivity index (χ4n) is 1.53. The largest absolute Gasteiger partial charge is 0.385 e. The molecule has 1 rings (SSSR count). The molecule has 0 spiro atoms. The summed E-state index contributed by atoms with van der Waals surface area (Å²) in [5.74, 6) is 0. The number of benzene rings is 1. The molecule has 1 aromatic rings. The van der Waals surface area contributed by atoms with Crippen LogP contribution < -0.4 is 10.0 Å². The molecule has 0 aliphatic rings. The van der Waals surface area contributed by atoms with E-state index in [1.54, 1.807) is 31.4 Å². The SMILES string of the molecule is CCCNc1ccc(S(=O)(=O)NCCCOC)cc1. The first-order valence-electron chi connectivity index (χ1n) is 6.42. The van der Waals surface area contributed by atoms with Crippen molar-refractivity contribution in [2.24, 2.45) is 0 Å². The second-order valence-corrected chi connectivity index (χ2v) is 5.96. The molecule has 2 N–H and O–H groups in total. The molecule has 108 valence electrons. The van der Waals surface area contributed by atoms with E-state index in [2.05, 4.69) is 17.0 Å². The van der Waals surface area contributed by atoms with Crippen LogP contribution in [0, 0.1) is 0 Å². The smallest absolute Gasteiger partial charge is 0.240 e. The van der Waals surface area contributed by atoms with Gasteiger partial charge in [0, 0.05) is 32.5 Å². The number of rotatable bonds is 9. The molecule has 0 bridgehead atoms. The van der Waals surface area contributed by atoms with E-state index in [4.69, 9.17) is 4.74 Å². The van der Waals surface area contributed by atoms with E-state index in [0.29, 0.717) is 19.6 Å². The van der Waals surface area contributed by atoms with E-state index in [1.165, 1.54) is 0 Å². The molecule has 19 heavy (non-hydrogen) atoms. The zero-order valence-electron chi connectivity index (χ0n) is 11.5. The van der Waals surface area contributed by atoms with Gasteiger partial charge in [0.1, 0.15) is 0 Å².